The summed E-state index contributed by atoms with van der Waals surface area (Å²) in [4.78, 5) is 12.1. The third kappa shape index (κ3) is 3.57. The highest BCUT2D eigenvalue weighted by atomic mass is 32.2. The van der Waals surface area contributed by atoms with E-state index in [1.54, 1.807) is 10.9 Å². The van der Waals surface area contributed by atoms with E-state index in [2.05, 4.69) is 15.5 Å². The number of thioether (sulfide) groups is 1. The van der Waals surface area contributed by atoms with Gasteiger partial charge in [-0.2, -0.15) is 0 Å². The first-order valence-electron chi connectivity index (χ1n) is 5.94. The fourth-order valence-corrected chi connectivity index (χ4v) is 2.35. The number of carbonyl (C=O) groups is 1. The van der Waals surface area contributed by atoms with E-state index in [0.717, 1.165) is 16.4 Å². The van der Waals surface area contributed by atoms with Crippen LogP contribution < -0.4 is 5.32 Å². The molecule has 0 bridgehead atoms. The van der Waals surface area contributed by atoms with E-state index in [1.165, 1.54) is 11.8 Å². The molecule has 1 N–H and O–H groups in total. The maximum absolute atomic E-state index is 12.1. The number of nitrogens with one attached hydrogen (secondary N) is 1. The Morgan fingerprint density at radius 2 is 2.26 bits per heavy atom. The van der Waals surface area contributed by atoms with Crippen molar-refractivity contribution in [3.05, 3.63) is 36.2 Å². The monoisotopic (exact) mass is 276 g/mol. The van der Waals surface area contributed by atoms with Crippen molar-refractivity contribution in [2.45, 2.75) is 24.3 Å². The Bertz CT molecular complexity index is 582. The Balaban J connectivity index is 1.98. The Morgan fingerprint density at radius 3 is 2.89 bits per heavy atom. The zero-order chi connectivity index (χ0) is 13.8. The second kappa shape index (κ2) is 5.88. The Hall–Kier alpha value is -1.82. The molecule has 1 heterocycles. The molecule has 1 amide bonds. The summed E-state index contributed by atoms with van der Waals surface area (Å²) < 4.78 is 1.79. The van der Waals surface area contributed by atoms with Crippen molar-refractivity contribution in [3.8, 4) is 0 Å². The summed E-state index contributed by atoms with van der Waals surface area (Å²) in [6.07, 6.45) is 1.62. The van der Waals surface area contributed by atoms with Gasteiger partial charge in [0.2, 0.25) is 5.91 Å². The predicted molar refractivity (Wildman–Crippen MR) is 76.1 cm³/mol. The number of aryl methyl sites for hydroxylation is 2. The maximum Gasteiger partial charge on any atom is 0.237 e. The van der Waals surface area contributed by atoms with E-state index in [4.69, 9.17) is 0 Å². The zero-order valence-corrected chi connectivity index (χ0v) is 11.9. The lowest BCUT2D eigenvalue weighted by molar-refractivity contribution is -0.115. The summed E-state index contributed by atoms with van der Waals surface area (Å²) in [5.41, 5.74) is 1.93. The number of rotatable bonds is 4. The smallest absolute Gasteiger partial charge is 0.237 e. The van der Waals surface area contributed by atoms with Crippen molar-refractivity contribution in [1.29, 1.82) is 0 Å². The van der Waals surface area contributed by atoms with Gasteiger partial charge in [-0.25, -0.2) is 0 Å². The number of carbonyl (C=O) groups excluding carboxylic acids is 1. The van der Waals surface area contributed by atoms with Crippen LogP contribution in [0.4, 0.5) is 5.69 Å². The molecule has 100 valence electrons. The number of hydrogen-bond donors (Lipinski definition) is 1. The lowest BCUT2D eigenvalue weighted by Crippen LogP contribution is -2.22. The first-order chi connectivity index (χ1) is 9.06. The number of aromatic nitrogens is 3. The van der Waals surface area contributed by atoms with Crippen LogP contribution in [0.25, 0.3) is 0 Å². The van der Waals surface area contributed by atoms with Gasteiger partial charge in [-0.05, 0) is 31.5 Å². The number of benzene rings is 1. The van der Waals surface area contributed by atoms with E-state index in [0.29, 0.717) is 0 Å². The minimum atomic E-state index is -0.233. The average Bonchev–Trinajstić information content (AvgIpc) is 2.75. The van der Waals surface area contributed by atoms with Crippen molar-refractivity contribution in [2.24, 2.45) is 7.05 Å². The highest BCUT2D eigenvalue weighted by Crippen LogP contribution is 2.21. The molecule has 6 heteroatoms. The summed E-state index contributed by atoms with van der Waals surface area (Å²) in [7, 11) is 1.85. The molecular formula is C13H16N4OS. The van der Waals surface area contributed by atoms with Gasteiger partial charge < -0.3 is 9.88 Å². The van der Waals surface area contributed by atoms with Crippen LogP contribution in [-0.2, 0) is 11.8 Å². The summed E-state index contributed by atoms with van der Waals surface area (Å²) in [6, 6.07) is 7.74. The number of nitrogens with zero attached hydrogens (tertiary/aromatic N) is 3. The van der Waals surface area contributed by atoms with Crippen molar-refractivity contribution in [1.82, 2.24) is 14.8 Å². The Morgan fingerprint density at radius 1 is 1.47 bits per heavy atom. The van der Waals surface area contributed by atoms with Crippen LogP contribution in [0.5, 0.6) is 0 Å². The molecule has 1 atom stereocenters. The molecule has 0 saturated heterocycles. The first-order valence-corrected chi connectivity index (χ1v) is 6.82. The van der Waals surface area contributed by atoms with Gasteiger partial charge in [-0.3, -0.25) is 4.79 Å². The van der Waals surface area contributed by atoms with Crippen LogP contribution in [0.1, 0.15) is 12.5 Å². The predicted octanol–water partition coefficient (Wildman–Crippen LogP) is 2.24. The quantitative estimate of drug-likeness (QED) is 0.870. The zero-order valence-electron chi connectivity index (χ0n) is 11.1. The molecule has 0 aliphatic heterocycles. The summed E-state index contributed by atoms with van der Waals surface area (Å²) in [6.45, 7) is 3.85. The highest BCUT2D eigenvalue weighted by molar-refractivity contribution is 8.00. The third-order valence-corrected chi connectivity index (χ3v) is 3.75. The fourth-order valence-electron chi connectivity index (χ4n) is 1.56. The van der Waals surface area contributed by atoms with Gasteiger partial charge in [0.05, 0.1) is 5.25 Å². The molecule has 1 aromatic carbocycles. The van der Waals surface area contributed by atoms with Gasteiger partial charge in [0.1, 0.15) is 6.33 Å². The summed E-state index contributed by atoms with van der Waals surface area (Å²) >= 11 is 1.39. The van der Waals surface area contributed by atoms with Crippen LogP contribution in [0.15, 0.2) is 35.7 Å². The minimum Gasteiger partial charge on any atom is -0.325 e. The summed E-state index contributed by atoms with van der Waals surface area (Å²) in [5, 5.41) is 11.1. The van der Waals surface area contributed by atoms with E-state index in [9.17, 15) is 4.79 Å². The molecule has 0 saturated carbocycles. The molecule has 1 aromatic heterocycles. The number of anilines is 1. The Kier molecular flexibility index (Phi) is 4.21. The van der Waals surface area contributed by atoms with E-state index >= 15 is 0 Å². The fraction of sp³-hybridized carbons (Fsp3) is 0.308. The normalized spacial score (nSPS) is 12.2. The van der Waals surface area contributed by atoms with Gasteiger partial charge >= 0.3 is 0 Å². The molecular weight excluding hydrogens is 260 g/mol. The van der Waals surface area contributed by atoms with Gasteiger partial charge in [0.15, 0.2) is 5.16 Å². The molecule has 0 radical (unpaired) electrons. The lowest BCUT2D eigenvalue weighted by atomic mass is 10.2. The largest absolute Gasteiger partial charge is 0.325 e. The number of hydrogen-bond acceptors (Lipinski definition) is 4. The van der Waals surface area contributed by atoms with Crippen LogP contribution in [0.3, 0.4) is 0 Å². The third-order valence-electron chi connectivity index (χ3n) is 2.61. The molecule has 5 nitrogen and oxygen atoms in total. The van der Waals surface area contributed by atoms with Gasteiger partial charge in [0.25, 0.3) is 0 Å². The van der Waals surface area contributed by atoms with Crippen molar-refractivity contribution in [2.75, 3.05) is 5.32 Å². The second-order valence-electron chi connectivity index (χ2n) is 4.34. The van der Waals surface area contributed by atoms with Crippen LogP contribution in [-0.4, -0.2) is 25.9 Å². The van der Waals surface area contributed by atoms with Crippen LogP contribution >= 0.6 is 11.8 Å². The highest BCUT2D eigenvalue weighted by Gasteiger charge is 2.17. The second-order valence-corrected chi connectivity index (χ2v) is 5.65. The molecule has 0 spiro atoms. The molecule has 0 unspecified atom stereocenters. The topological polar surface area (TPSA) is 59.8 Å². The van der Waals surface area contributed by atoms with E-state index in [-0.39, 0.29) is 11.2 Å². The maximum atomic E-state index is 12.1. The summed E-state index contributed by atoms with van der Waals surface area (Å²) in [5.74, 6) is -0.0430. The van der Waals surface area contributed by atoms with Crippen molar-refractivity contribution < 1.29 is 4.79 Å². The first kappa shape index (κ1) is 13.6. The van der Waals surface area contributed by atoms with Gasteiger partial charge in [-0.15, -0.1) is 10.2 Å². The van der Waals surface area contributed by atoms with Crippen LogP contribution in [0.2, 0.25) is 0 Å². The van der Waals surface area contributed by atoms with Crippen LogP contribution in [0, 0.1) is 6.92 Å². The van der Waals surface area contributed by atoms with E-state index in [1.807, 2.05) is 45.2 Å². The molecule has 0 fully saturated rings. The minimum absolute atomic E-state index is 0.0430. The molecule has 2 rings (SSSR count). The van der Waals surface area contributed by atoms with Gasteiger partial charge in [-0.1, -0.05) is 23.9 Å². The SMILES string of the molecule is Cc1cccc(NC(=O)[C@H](C)Sc2nncn2C)c1. The van der Waals surface area contributed by atoms with Gasteiger partial charge in [0, 0.05) is 12.7 Å². The van der Waals surface area contributed by atoms with Crippen molar-refractivity contribution >= 4 is 23.4 Å². The molecule has 19 heavy (non-hydrogen) atoms. The number of amides is 1. The van der Waals surface area contributed by atoms with Crippen molar-refractivity contribution in [3.63, 3.8) is 0 Å². The van der Waals surface area contributed by atoms with E-state index < -0.39 is 0 Å². The standard InChI is InChI=1S/C13H16N4OS/c1-9-5-4-6-11(7-9)15-12(18)10(2)19-13-16-14-8-17(13)3/h4-8,10H,1-3H3,(H,15,18)/t10-/m0/s1. The molecule has 0 aliphatic carbocycles. The molecule has 0 aliphatic rings. The lowest BCUT2D eigenvalue weighted by Gasteiger charge is -2.11. The average molecular weight is 276 g/mol. The molecule has 2 aromatic rings. The Labute approximate surface area is 116 Å².